The van der Waals surface area contributed by atoms with Crippen LogP contribution in [-0.4, -0.2) is 25.9 Å². The first-order chi connectivity index (χ1) is 14.5. The number of carbonyl (C=O) groups is 1. The van der Waals surface area contributed by atoms with Crippen molar-refractivity contribution in [1.82, 2.24) is 14.8 Å². The molecule has 1 aromatic heterocycles. The van der Waals surface area contributed by atoms with Gasteiger partial charge in [-0.2, -0.15) is 0 Å². The van der Waals surface area contributed by atoms with Gasteiger partial charge in [-0.15, -0.1) is 16.8 Å². The van der Waals surface area contributed by atoms with Crippen LogP contribution in [0.4, 0.5) is 5.69 Å². The zero-order chi connectivity index (χ0) is 21.5. The van der Waals surface area contributed by atoms with E-state index in [-0.39, 0.29) is 11.2 Å². The molecule has 1 amide bonds. The molecule has 30 heavy (non-hydrogen) atoms. The van der Waals surface area contributed by atoms with Gasteiger partial charge >= 0.3 is 0 Å². The van der Waals surface area contributed by atoms with Crippen molar-refractivity contribution in [2.75, 3.05) is 5.32 Å². The first-order valence-electron chi connectivity index (χ1n) is 10.2. The Hall–Kier alpha value is -2.86. The molecule has 6 heteroatoms. The molecular formula is C24H28N4OS. The summed E-state index contributed by atoms with van der Waals surface area (Å²) in [4.78, 5) is 12.9. The van der Waals surface area contributed by atoms with Gasteiger partial charge in [0.25, 0.3) is 0 Å². The smallest absolute Gasteiger partial charge is 0.237 e. The van der Waals surface area contributed by atoms with Crippen LogP contribution >= 0.6 is 11.8 Å². The molecule has 0 saturated heterocycles. The quantitative estimate of drug-likeness (QED) is 0.353. The lowest BCUT2D eigenvalue weighted by Gasteiger charge is -2.17. The molecule has 2 unspecified atom stereocenters. The maximum absolute atomic E-state index is 12.9. The number of hydrogen-bond donors (Lipinski definition) is 1. The Bertz CT molecular complexity index is 999. The predicted molar refractivity (Wildman–Crippen MR) is 125 cm³/mol. The van der Waals surface area contributed by atoms with Crippen LogP contribution in [0.15, 0.2) is 72.4 Å². The summed E-state index contributed by atoms with van der Waals surface area (Å²) >= 11 is 1.40. The molecule has 5 nitrogen and oxygen atoms in total. The summed E-state index contributed by atoms with van der Waals surface area (Å²) in [5.74, 6) is 1.10. The topological polar surface area (TPSA) is 59.8 Å². The standard InChI is InChI=1S/C24H28N4OS/c1-5-16-28-22(19-12-8-7-9-13-19)26-27-24(28)30-18(4)23(29)25-21-15-11-10-14-20(21)17(3)6-2/h5,7-15,17-18H,1,6,16H2,2-4H3,(H,25,29). The van der Waals surface area contributed by atoms with E-state index in [4.69, 9.17) is 0 Å². The second-order valence-electron chi connectivity index (χ2n) is 7.22. The minimum atomic E-state index is -0.327. The fourth-order valence-corrected chi connectivity index (χ4v) is 4.04. The fourth-order valence-electron chi connectivity index (χ4n) is 3.18. The van der Waals surface area contributed by atoms with Crippen LogP contribution in [0.5, 0.6) is 0 Å². The fraction of sp³-hybridized carbons (Fsp3) is 0.292. The third-order valence-corrected chi connectivity index (χ3v) is 6.15. The van der Waals surface area contributed by atoms with E-state index in [1.165, 1.54) is 11.8 Å². The molecule has 156 valence electrons. The summed E-state index contributed by atoms with van der Waals surface area (Å²) in [6.07, 6.45) is 2.83. The first-order valence-corrected chi connectivity index (χ1v) is 11.1. The highest BCUT2D eigenvalue weighted by Crippen LogP contribution is 2.30. The minimum Gasteiger partial charge on any atom is -0.325 e. The van der Waals surface area contributed by atoms with Crippen LogP contribution in [0.3, 0.4) is 0 Å². The Morgan fingerprint density at radius 1 is 1.13 bits per heavy atom. The number of allylic oxidation sites excluding steroid dienone is 1. The summed E-state index contributed by atoms with van der Waals surface area (Å²) in [6, 6.07) is 17.9. The van der Waals surface area contributed by atoms with Crippen molar-refractivity contribution < 1.29 is 4.79 Å². The van der Waals surface area contributed by atoms with E-state index in [0.29, 0.717) is 17.6 Å². The Balaban J connectivity index is 1.78. The largest absolute Gasteiger partial charge is 0.325 e. The number of anilines is 1. The van der Waals surface area contributed by atoms with Gasteiger partial charge < -0.3 is 5.32 Å². The zero-order valence-corrected chi connectivity index (χ0v) is 18.5. The molecule has 0 fully saturated rings. The maximum Gasteiger partial charge on any atom is 0.237 e. The molecular weight excluding hydrogens is 392 g/mol. The summed E-state index contributed by atoms with van der Waals surface area (Å²) < 4.78 is 1.99. The Labute approximate surface area is 182 Å². The molecule has 2 aromatic carbocycles. The molecule has 3 aromatic rings. The van der Waals surface area contributed by atoms with Crippen LogP contribution in [0, 0.1) is 0 Å². The lowest BCUT2D eigenvalue weighted by molar-refractivity contribution is -0.115. The molecule has 0 bridgehead atoms. The number of para-hydroxylation sites is 1. The Kier molecular flexibility index (Phi) is 7.46. The highest BCUT2D eigenvalue weighted by Gasteiger charge is 2.21. The van der Waals surface area contributed by atoms with Gasteiger partial charge in [0.2, 0.25) is 5.91 Å². The highest BCUT2D eigenvalue weighted by atomic mass is 32.2. The lowest BCUT2D eigenvalue weighted by Crippen LogP contribution is -2.23. The number of rotatable bonds is 9. The SMILES string of the molecule is C=CCn1c(SC(C)C(=O)Nc2ccccc2C(C)CC)nnc1-c1ccccc1. The van der Waals surface area contributed by atoms with Crippen LogP contribution in [0.25, 0.3) is 11.4 Å². The van der Waals surface area contributed by atoms with E-state index in [2.05, 4.69) is 42.0 Å². The van der Waals surface area contributed by atoms with Crippen molar-refractivity contribution >= 4 is 23.4 Å². The average molecular weight is 421 g/mol. The number of nitrogens with one attached hydrogen (secondary N) is 1. The van der Waals surface area contributed by atoms with E-state index in [1.54, 1.807) is 0 Å². The Morgan fingerprint density at radius 2 is 1.83 bits per heavy atom. The van der Waals surface area contributed by atoms with E-state index >= 15 is 0 Å². The lowest BCUT2D eigenvalue weighted by atomic mass is 9.97. The van der Waals surface area contributed by atoms with Crippen molar-refractivity contribution in [2.24, 2.45) is 0 Å². The third-order valence-electron chi connectivity index (χ3n) is 5.07. The average Bonchev–Trinajstić information content (AvgIpc) is 3.16. The summed E-state index contributed by atoms with van der Waals surface area (Å²) in [6.45, 7) is 10.6. The van der Waals surface area contributed by atoms with Gasteiger partial charge in [0.1, 0.15) is 0 Å². The molecule has 2 atom stereocenters. The molecule has 1 heterocycles. The predicted octanol–water partition coefficient (Wildman–Crippen LogP) is 5.76. The molecule has 0 saturated carbocycles. The highest BCUT2D eigenvalue weighted by molar-refractivity contribution is 8.00. The van der Waals surface area contributed by atoms with E-state index in [1.807, 2.05) is 66.1 Å². The third kappa shape index (κ3) is 5.00. The number of hydrogen-bond acceptors (Lipinski definition) is 4. The first kappa shape index (κ1) is 21.8. The molecule has 0 aliphatic rings. The van der Waals surface area contributed by atoms with Crippen molar-refractivity contribution in [2.45, 2.75) is 50.1 Å². The van der Waals surface area contributed by atoms with Gasteiger partial charge in [0.15, 0.2) is 11.0 Å². The van der Waals surface area contributed by atoms with Crippen LogP contribution in [0.2, 0.25) is 0 Å². The molecule has 0 radical (unpaired) electrons. The van der Waals surface area contributed by atoms with Gasteiger partial charge in [0.05, 0.1) is 5.25 Å². The monoisotopic (exact) mass is 420 g/mol. The molecule has 0 spiro atoms. The van der Waals surface area contributed by atoms with E-state index < -0.39 is 0 Å². The second kappa shape index (κ2) is 10.3. The van der Waals surface area contributed by atoms with Gasteiger partial charge in [0, 0.05) is 17.8 Å². The van der Waals surface area contributed by atoms with Crippen LogP contribution < -0.4 is 5.32 Å². The van der Waals surface area contributed by atoms with E-state index in [0.717, 1.165) is 29.1 Å². The van der Waals surface area contributed by atoms with Gasteiger partial charge in [-0.25, -0.2) is 0 Å². The maximum atomic E-state index is 12.9. The molecule has 0 aliphatic heterocycles. The van der Waals surface area contributed by atoms with Crippen molar-refractivity contribution in [3.63, 3.8) is 0 Å². The summed E-state index contributed by atoms with van der Waals surface area (Å²) in [5, 5.41) is 12.2. The van der Waals surface area contributed by atoms with Crippen LogP contribution in [-0.2, 0) is 11.3 Å². The minimum absolute atomic E-state index is 0.0508. The Morgan fingerprint density at radius 3 is 2.53 bits per heavy atom. The molecule has 0 aliphatic carbocycles. The summed E-state index contributed by atoms with van der Waals surface area (Å²) in [7, 11) is 0. The number of thioether (sulfide) groups is 1. The van der Waals surface area contributed by atoms with Gasteiger partial charge in [-0.05, 0) is 30.9 Å². The van der Waals surface area contributed by atoms with Gasteiger partial charge in [-0.3, -0.25) is 9.36 Å². The van der Waals surface area contributed by atoms with Gasteiger partial charge in [-0.1, -0.05) is 80.2 Å². The number of benzene rings is 2. The number of amides is 1. The number of carbonyl (C=O) groups excluding carboxylic acids is 1. The molecule has 1 N–H and O–H groups in total. The van der Waals surface area contributed by atoms with Crippen LogP contribution in [0.1, 0.15) is 38.7 Å². The zero-order valence-electron chi connectivity index (χ0n) is 17.7. The number of aromatic nitrogens is 3. The number of nitrogens with zero attached hydrogens (tertiary/aromatic N) is 3. The van der Waals surface area contributed by atoms with Crippen molar-refractivity contribution in [3.8, 4) is 11.4 Å². The van der Waals surface area contributed by atoms with Crippen molar-refractivity contribution in [3.05, 3.63) is 72.8 Å². The summed E-state index contributed by atoms with van der Waals surface area (Å²) in [5.41, 5.74) is 3.02. The van der Waals surface area contributed by atoms with Crippen molar-refractivity contribution in [1.29, 1.82) is 0 Å². The van der Waals surface area contributed by atoms with E-state index in [9.17, 15) is 4.79 Å². The molecule has 3 rings (SSSR count). The second-order valence-corrected chi connectivity index (χ2v) is 8.53. The normalized spacial score (nSPS) is 12.9.